The molecule has 5 nitrogen and oxygen atoms in total. The summed E-state index contributed by atoms with van der Waals surface area (Å²) in [4.78, 5) is 28.9. The lowest BCUT2D eigenvalue weighted by atomic mass is 10.1. The standard InChI is InChI=1S/C24H23N3O2/c1-16(26-23(28)18-6-3-2-4-7-18)17-9-11-20(12-10-17)27-24(29)22-14-21(22)19-8-5-13-25-15-19/h2-13,15-16,21-22H,14H2,1H3,(H,26,28)(H,27,29)/t16-,21+,22-/m0/s1. The fourth-order valence-electron chi connectivity index (χ4n) is 3.49. The van der Waals surface area contributed by atoms with Gasteiger partial charge < -0.3 is 10.6 Å². The summed E-state index contributed by atoms with van der Waals surface area (Å²) in [6.07, 6.45) is 4.43. The van der Waals surface area contributed by atoms with Gasteiger partial charge in [-0.05, 0) is 60.7 Å². The van der Waals surface area contributed by atoms with E-state index >= 15 is 0 Å². The molecule has 2 aromatic carbocycles. The molecule has 1 fully saturated rings. The Morgan fingerprint density at radius 1 is 1.00 bits per heavy atom. The summed E-state index contributed by atoms with van der Waals surface area (Å²) < 4.78 is 0. The Hall–Kier alpha value is -3.47. The van der Waals surface area contributed by atoms with Gasteiger partial charge in [0, 0.05) is 29.6 Å². The molecule has 4 rings (SSSR count). The number of benzene rings is 2. The van der Waals surface area contributed by atoms with Gasteiger partial charge >= 0.3 is 0 Å². The molecule has 1 aliphatic carbocycles. The number of anilines is 1. The molecule has 2 amide bonds. The van der Waals surface area contributed by atoms with E-state index in [1.165, 1.54) is 0 Å². The summed E-state index contributed by atoms with van der Waals surface area (Å²) in [5.41, 5.74) is 3.49. The highest BCUT2D eigenvalue weighted by atomic mass is 16.2. The summed E-state index contributed by atoms with van der Waals surface area (Å²) in [7, 11) is 0. The monoisotopic (exact) mass is 385 g/mol. The van der Waals surface area contributed by atoms with Crippen molar-refractivity contribution in [2.75, 3.05) is 5.32 Å². The van der Waals surface area contributed by atoms with Gasteiger partial charge in [0.25, 0.3) is 5.91 Å². The molecule has 2 N–H and O–H groups in total. The van der Waals surface area contributed by atoms with Gasteiger partial charge in [0.2, 0.25) is 5.91 Å². The molecule has 1 heterocycles. The minimum Gasteiger partial charge on any atom is -0.346 e. The van der Waals surface area contributed by atoms with Crippen LogP contribution >= 0.6 is 0 Å². The Labute approximate surface area is 170 Å². The van der Waals surface area contributed by atoms with Crippen molar-refractivity contribution in [1.82, 2.24) is 10.3 Å². The Morgan fingerprint density at radius 2 is 1.76 bits per heavy atom. The van der Waals surface area contributed by atoms with Crippen molar-refractivity contribution in [2.45, 2.75) is 25.3 Å². The summed E-state index contributed by atoms with van der Waals surface area (Å²) in [6.45, 7) is 1.94. The Bertz CT molecular complexity index is 988. The lowest BCUT2D eigenvalue weighted by Gasteiger charge is -2.15. The topological polar surface area (TPSA) is 71.1 Å². The van der Waals surface area contributed by atoms with Crippen LogP contribution in [0.25, 0.3) is 0 Å². The van der Waals surface area contributed by atoms with Gasteiger partial charge in [0.1, 0.15) is 0 Å². The number of amides is 2. The van der Waals surface area contributed by atoms with Crippen LogP contribution in [-0.2, 0) is 4.79 Å². The van der Waals surface area contributed by atoms with E-state index in [4.69, 9.17) is 0 Å². The van der Waals surface area contributed by atoms with Crippen molar-refractivity contribution in [3.8, 4) is 0 Å². The van der Waals surface area contributed by atoms with Gasteiger partial charge in [0.05, 0.1) is 6.04 Å². The van der Waals surface area contributed by atoms with E-state index < -0.39 is 0 Å². The molecule has 0 spiro atoms. The van der Waals surface area contributed by atoms with Crippen LogP contribution in [0.2, 0.25) is 0 Å². The lowest BCUT2D eigenvalue weighted by Crippen LogP contribution is -2.26. The summed E-state index contributed by atoms with van der Waals surface area (Å²) in [5.74, 6) is 0.196. The van der Waals surface area contributed by atoms with E-state index in [0.29, 0.717) is 5.56 Å². The van der Waals surface area contributed by atoms with Gasteiger partial charge in [-0.25, -0.2) is 0 Å². The average molecular weight is 385 g/mol. The molecule has 146 valence electrons. The Morgan fingerprint density at radius 3 is 2.45 bits per heavy atom. The van der Waals surface area contributed by atoms with Crippen molar-refractivity contribution in [1.29, 1.82) is 0 Å². The minimum atomic E-state index is -0.133. The zero-order valence-electron chi connectivity index (χ0n) is 16.2. The molecule has 29 heavy (non-hydrogen) atoms. The first kappa shape index (κ1) is 18.9. The van der Waals surface area contributed by atoms with Crippen molar-refractivity contribution < 1.29 is 9.59 Å². The first-order valence-corrected chi connectivity index (χ1v) is 9.78. The third-order valence-electron chi connectivity index (χ3n) is 5.30. The first-order chi connectivity index (χ1) is 14.1. The smallest absolute Gasteiger partial charge is 0.251 e. The fraction of sp³-hybridized carbons (Fsp3) is 0.208. The average Bonchev–Trinajstić information content (AvgIpc) is 3.57. The van der Waals surface area contributed by atoms with Crippen LogP contribution in [0, 0.1) is 5.92 Å². The molecule has 3 atom stereocenters. The van der Waals surface area contributed by atoms with Crippen LogP contribution in [0.15, 0.2) is 79.1 Å². The number of carbonyl (C=O) groups is 2. The number of aromatic nitrogens is 1. The second kappa shape index (κ2) is 8.27. The second-order valence-corrected chi connectivity index (χ2v) is 7.41. The number of nitrogens with zero attached hydrogens (tertiary/aromatic N) is 1. The summed E-state index contributed by atoms with van der Waals surface area (Å²) >= 11 is 0. The zero-order chi connectivity index (χ0) is 20.2. The highest BCUT2D eigenvalue weighted by molar-refractivity contribution is 5.95. The van der Waals surface area contributed by atoms with Crippen molar-refractivity contribution in [3.05, 3.63) is 95.8 Å². The number of carbonyl (C=O) groups excluding carboxylic acids is 2. The highest BCUT2D eigenvalue weighted by Gasteiger charge is 2.44. The Kier molecular flexibility index (Phi) is 5.38. The zero-order valence-corrected chi connectivity index (χ0v) is 16.2. The molecule has 0 radical (unpaired) electrons. The van der Waals surface area contributed by atoms with Gasteiger partial charge in [-0.15, -0.1) is 0 Å². The molecule has 1 aromatic heterocycles. The molecule has 0 bridgehead atoms. The largest absolute Gasteiger partial charge is 0.346 e. The summed E-state index contributed by atoms with van der Waals surface area (Å²) in [5, 5.41) is 5.98. The van der Waals surface area contributed by atoms with Crippen molar-refractivity contribution in [3.63, 3.8) is 0 Å². The first-order valence-electron chi connectivity index (χ1n) is 9.78. The maximum absolute atomic E-state index is 12.5. The normalized spacial score (nSPS) is 18.5. The van der Waals surface area contributed by atoms with E-state index in [1.807, 2.05) is 67.7 Å². The van der Waals surface area contributed by atoms with Crippen LogP contribution in [0.1, 0.15) is 46.8 Å². The molecule has 3 aromatic rings. The van der Waals surface area contributed by atoms with Crippen LogP contribution in [-0.4, -0.2) is 16.8 Å². The molecular weight excluding hydrogens is 362 g/mol. The predicted octanol–water partition coefficient (Wildman–Crippen LogP) is 4.31. The lowest BCUT2D eigenvalue weighted by molar-refractivity contribution is -0.117. The van der Waals surface area contributed by atoms with Crippen LogP contribution in [0.4, 0.5) is 5.69 Å². The molecule has 0 unspecified atom stereocenters. The second-order valence-electron chi connectivity index (χ2n) is 7.41. The highest BCUT2D eigenvalue weighted by Crippen LogP contribution is 2.47. The fourth-order valence-corrected chi connectivity index (χ4v) is 3.49. The van der Waals surface area contributed by atoms with Gasteiger partial charge in [-0.2, -0.15) is 0 Å². The van der Waals surface area contributed by atoms with E-state index in [-0.39, 0.29) is 29.7 Å². The van der Waals surface area contributed by atoms with E-state index in [1.54, 1.807) is 18.3 Å². The van der Waals surface area contributed by atoms with Crippen LogP contribution < -0.4 is 10.6 Å². The minimum absolute atomic E-state index is 0.00274. The number of hydrogen-bond acceptors (Lipinski definition) is 3. The molecular formula is C24H23N3O2. The van der Waals surface area contributed by atoms with Gasteiger partial charge in [-0.3, -0.25) is 14.6 Å². The molecule has 1 saturated carbocycles. The van der Waals surface area contributed by atoms with E-state index in [0.717, 1.165) is 23.2 Å². The van der Waals surface area contributed by atoms with Crippen LogP contribution in [0.5, 0.6) is 0 Å². The number of rotatable bonds is 6. The molecule has 0 saturated heterocycles. The maximum Gasteiger partial charge on any atom is 0.251 e. The van der Waals surface area contributed by atoms with Gasteiger partial charge in [0.15, 0.2) is 0 Å². The maximum atomic E-state index is 12.5. The van der Waals surface area contributed by atoms with Crippen molar-refractivity contribution in [2.24, 2.45) is 5.92 Å². The summed E-state index contributed by atoms with van der Waals surface area (Å²) in [6, 6.07) is 20.5. The predicted molar refractivity (Wildman–Crippen MR) is 112 cm³/mol. The van der Waals surface area contributed by atoms with Crippen molar-refractivity contribution >= 4 is 17.5 Å². The third-order valence-corrected chi connectivity index (χ3v) is 5.30. The van der Waals surface area contributed by atoms with E-state index in [2.05, 4.69) is 15.6 Å². The van der Waals surface area contributed by atoms with Gasteiger partial charge in [-0.1, -0.05) is 36.4 Å². The number of pyridine rings is 1. The molecule has 0 aliphatic heterocycles. The quantitative estimate of drug-likeness (QED) is 0.664. The number of nitrogens with one attached hydrogen (secondary N) is 2. The Balaban J connectivity index is 1.32. The SMILES string of the molecule is C[C@H](NC(=O)c1ccccc1)c1ccc(NC(=O)[C@H]2C[C@@H]2c2cccnc2)cc1. The van der Waals surface area contributed by atoms with Crippen LogP contribution in [0.3, 0.4) is 0 Å². The third kappa shape index (κ3) is 4.51. The van der Waals surface area contributed by atoms with E-state index in [9.17, 15) is 9.59 Å². The number of hydrogen-bond donors (Lipinski definition) is 2. The molecule has 5 heteroatoms. The molecule has 1 aliphatic rings.